The first-order valence-electron chi connectivity index (χ1n) is 5.76. The summed E-state index contributed by atoms with van der Waals surface area (Å²) in [7, 11) is 0. The van der Waals surface area contributed by atoms with Gasteiger partial charge in [-0.25, -0.2) is 0 Å². The molecule has 0 bridgehead atoms. The van der Waals surface area contributed by atoms with Gasteiger partial charge in [0.15, 0.2) is 0 Å². The molecule has 0 saturated carbocycles. The Morgan fingerprint density at radius 2 is 1.83 bits per heavy atom. The topological polar surface area (TPSA) is 40.5 Å². The molecule has 3 rings (SSSR count). The van der Waals surface area contributed by atoms with Crippen LogP contribution < -0.4 is 9.53 Å². The Balaban J connectivity index is 2.11. The van der Waals surface area contributed by atoms with Crippen LogP contribution in [0, 0.1) is 0 Å². The molecular formula is C14H13NO2Se. The van der Waals surface area contributed by atoms with Gasteiger partial charge in [-0.2, -0.15) is 0 Å². The van der Waals surface area contributed by atoms with Gasteiger partial charge in [-0.3, -0.25) is 0 Å². The standard InChI is InChI=1S/C14H13NO2Se/c1-10-15(16)13-8-7-12(9-14(13)18(10)17)11-5-3-2-4-6-11/h2-10,16H,1H3. The molecule has 1 aliphatic heterocycles. The van der Waals surface area contributed by atoms with Crippen LogP contribution in [0.4, 0.5) is 5.69 Å². The molecule has 0 amide bonds. The van der Waals surface area contributed by atoms with Gasteiger partial charge in [-0.1, -0.05) is 0 Å². The van der Waals surface area contributed by atoms with Gasteiger partial charge in [0.25, 0.3) is 0 Å². The first kappa shape index (κ1) is 11.6. The zero-order chi connectivity index (χ0) is 12.7. The Kier molecular flexibility index (Phi) is 2.78. The van der Waals surface area contributed by atoms with E-state index >= 15 is 0 Å². The summed E-state index contributed by atoms with van der Waals surface area (Å²) in [6, 6.07) is 15.7. The van der Waals surface area contributed by atoms with Crippen LogP contribution in [-0.4, -0.2) is 24.0 Å². The van der Waals surface area contributed by atoms with Gasteiger partial charge in [0.1, 0.15) is 0 Å². The quantitative estimate of drug-likeness (QED) is 0.821. The Morgan fingerprint density at radius 3 is 2.56 bits per heavy atom. The van der Waals surface area contributed by atoms with Crippen molar-refractivity contribution in [3.05, 3.63) is 48.5 Å². The summed E-state index contributed by atoms with van der Waals surface area (Å²) in [4.78, 5) is -0.286. The number of hydrogen-bond acceptors (Lipinski definition) is 3. The molecule has 0 spiro atoms. The van der Waals surface area contributed by atoms with Crippen molar-refractivity contribution in [2.75, 3.05) is 5.06 Å². The summed E-state index contributed by atoms with van der Waals surface area (Å²) in [6.45, 7) is 1.79. The van der Waals surface area contributed by atoms with E-state index in [9.17, 15) is 9.04 Å². The average Bonchev–Trinajstić information content (AvgIpc) is 2.65. The van der Waals surface area contributed by atoms with Gasteiger partial charge in [0.05, 0.1) is 0 Å². The van der Waals surface area contributed by atoms with Gasteiger partial charge in [-0.15, -0.1) is 0 Å². The van der Waals surface area contributed by atoms with E-state index in [2.05, 4.69) is 0 Å². The van der Waals surface area contributed by atoms with Crippen LogP contribution in [0.3, 0.4) is 0 Å². The van der Waals surface area contributed by atoms with E-state index in [1.165, 1.54) is 0 Å². The molecule has 4 heteroatoms. The Bertz CT molecular complexity index is 612. The van der Waals surface area contributed by atoms with Gasteiger partial charge < -0.3 is 0 Å². The van der Waals surface area contributed by atoms with Gasteiger partial charge in [-0.05, 0) is 0 Å². The second-order valence-electron chi connectivity index (χ2n) is 4.29. The molecule has 0 radical (unpaired) electrons. The number of anilines is 1. The summed E-state index contributed by atoms with van der Waals surface area (Å²) in [5.41, 5.74) is 2.83. The molecule has 1 aliphatic rings. The average molecular weight is 306 g/mol. The predicted molar refractivity (Wildman–Crippen MR) is 71.7 cm³/mol. The Morgan fingerprint density at radius 1 is 1.11 bits per heavy atom. The summed E-state index contributed by atoms with van der Waals surface area (Å²) in [5.74, 6) is 0. The van der Waals surface area contributed by atoms with E-state index in [1.807, 2.05) is 48.5 Å². The van der Waals surface area contributed by atoms with Crippen molar-refractivity contribution >= 4 is 24.0 Å². The maximum atomic E-state index is 12.2. The molecular weight excluding hydrogens is 293 g/mol. The summed E-state index contributed by atoms with van der Waals surface area (Å²) < 4.78 is 13.0. The van der Waals surface area contributed by atoms with Crippen LogP contribution in [-0.2, 0) is 3.83 Å². The number of fused-ring (bicyclic) bond motifs is 1. The molecule has 1 heterocycles. The van der Waals surface area contributed by atoms with Crippen LogP contribution in [0.1, 0.15) is 6.92 Å². The van der Waals surface area contributed by atoms with Crippen LogP contribution >= 0.6 is 0 Å². The van der Waals surface area contributed by atoms with E-state index in [4.69, 9.17) is 0 Å². The van der Waals surface area contributed by atoms with Crippen molar-refractivity contribution in [1.29, 1.82) is 0 Å². The third kappa shape index (κ3) is 1.70. The van der Waals surface area contributed by atoms with E-state index < -0.39 is 13.8 Å². The molecule has 1 N–H and O–H groups in total. The molecule has 3 nitrogen and oxygen atoms in total. The number of hydroxylamine groups is 1. The Labute approximate surface area is 110 Å². The predicted octanol–water partition coefficient (Wildman–Crippen LogP) is 2.12. The van der Waals surface area contributed by atoms with E-state index in [0.29, 0.717) is 5.69 Å². The van der Waals surface area contributed by atoms with Crippen molar-refractivity contribution in [3.63, 3.8) is 0 Å². The van der Waals surface area contributed by atoms with Crippen molar-refractivity contribution in [2.45, 2.75) is 11.9 Å². The summed E-state index contributed by atoms with van der Waals surface area (Å²) in [6.07, 6.45) is 0. The van der Waals surface area contributed by atoms with Gasteiger partial charge >= 0.3 is 110 Å². The zero-order valence-electron chi connectivity index (χ0n) is 9.91. The summed E-state index contributed by atoms with van der Waals surface area (Å²) in [5, 5.41) is 11.0. The molecule has 2 aromatic carbocycles. The number of benzene rings is 2. The van der Waals surface area contributed by atoms with Crippen LogP contribution in [0.5, 0.6) is 0 Å². The fourth-order valence-electron chi connectivity index (χ4n) is 2.15. The van der Waals surface area contributed by atoms with Crippen molar-refractivity contribution in [3.8, 4) is 11.1 Å². The number of nitrogens with zero attached hydrogens (tertiary/aromatic N) is 1. The maximum absolute atomic E-state index is 12.2. The monoisotopic (exact) mass is 307 g/mol. The number of hydrogen-bond donors (Lipinski definition) is 1. The van der Waals surface area contributed by atoms with Gasteiger partial charge in [0.2, 0.25) is 0 Å². The molecule has 0 aliphatic carbocycles. The minimum absolute atomic E-state index is 0.286. The second-order valence-corrected chi connectivity index (χ2v) is 7.89. The fourth-order valence-corrected chi connectivity index (χ4v) is 4.82. The zero-order valence-corrected chi connectivity index (χ0v) is 11.6. The SMILES string of the molecule is CC1N(O)c2ccc(-c3ccccc3)cc2[Se]1=O. The Hall–Kier alpha value is -1.48. The normalized spacial score (nSPS) is 22.0. The molecule has 2 aromatic rings. The number of rotatable bonds is 1. The van der Waals surface area contributed by atoms with E-state index in [-0.39, 0.29) is 4.94 Å². The molecule has 2 unspecified atom stereocenters. The van der Waals surface area contributed by atoms with E-state index in [1.54, 1.807) is 6.92 Å². The van der Waals surface area contributed by atoms with E-state index in [0.717, 1.165) is 20.7 Å². The van der Waals surface area contributed by atoms with Crippen LogP contribution in [0.2, 0.25) is 0 Å². The third-order valence-corrected chi connectivity index (χ3v) is 6.50. The first-order chi connectivity index (χ1) is 8.68. The van der Waals surface area contributed by atoms with Crippen molar-refractivity contribution in [2.24, 2.45) is 0 Å². The van der Waals surface area contributed by atoms with Crippen molar-refractivity contribution < 1.29 is 9.04 Å². The third-order valence-electron chi connectivity index (χ3n) is 3.18. The molecule has 92 valence electrons. The molecule has 0 saturated heterocycles. The minimum atomic E-state index is -2.18. The molecule has 0 aromatic heterocycles. The van der Waals surface area contributed by atoms with Crippen LogP contribution in [0.25, 0.3) is 11.1 Å². The van der Waals surface area contributed by atoms with Crippen molar-refractivity contribution in [1.82, 2.24) is 0 Å². The summed E-state index contributed by atoms with van der Waals surface area (Å²) >= 11 is -2.18. The first-order valence-corrected chi connectivity index (χ1v) is 8.31. The molecule has 2 atom stereocenters. The van der Waals surface area contributed by atoms with Gasteiger partial charge in [0, 0.05) is 0 Å². The molecule has 0 fully saturated rings. The fraction of sp³-hybridized carbons (Fsp3) is 0.143. The van der Waals surface area contributed by atoms with Crippen LogP contribution in [0.15, 0.2) is 48.5 Å². The molecule has 18 heavy (non-hydrogen) atoms. The second kappa shape index (κ2) is 4.32.